The van der Waals surface area contributed by atoms with Crippen LogP contribution in [0.2, 0.25) is 0 Å². The van der Waals surface area contributed by atoms with Crippen molar-refractivity contribution in [3.05, 3.63) is 69.6 Å². The number of thiophene rings is 1. The Kier molecular flexibility index (Phi) is 5.69. The Morgan fingerprint density at radius 2 is 1.97 bits per heavy atom. The van der Waals surface area contributed by atoms with E-state index >= 15 is 0 Å². The molecule has 1 saturated heterocycles. The molecular formula is C22H25N3O3S. The highest BCUT2D eigenvalue weighted by molar-refractivity contribution is 7.09. The maximum atomic E-state index is 12.8. The van der Waals surface area contributed by atoms with Crippen LogP contribution in [0.15, 0.2) is 53.6 Å². The van der Waals surface area contributed by atoms with Gasteiger partial charge in [0.05, 0.1) is 6.54 Å². The van der Waals surface area contributed by atoms with Crippen molar-refractivity contribution < 1.29 is 14.4 Å². The highest BCUT2D eigenvalue weighted by atomic mass is 32.1. The molecule has 152 valence electrons. The maximum Gasteiger partial charge on any atom is 0.269 e. The highest BCUT2D eigenvalue weighted by Gasteiger charge is 2.41. The number of amides is 2. The van der Waals surface area contributed by atoms with Crippen molar-refractivity contribution in [2.24, 2.45) is 0 Å². The normalized spacial score (nSPS) is 17.7. The van der Waals surface area contributed by atoms with Gasteiger partial charge in [0.25, 0.3) is 11.8 Å². The van der Waals surface area contributed by atoms with Crippen LogP contribution in [-0.2, 0) is 22.6 Å². The van der Waals surface area contributed by atoms with Crippen LogP contribution >= 0.6 is 11.3 Å². The van der Waals surface area contributed by atoms with E-state index in [4.69, 9.17) is 4.84 Å². The molecule has 1 aromatic heterocycles. The first kappa shape index (κ1) is 19.7. The molecule has 4 rings (SSSR count). The average molecular weight is 412 g/mol. The topological polar surface area (TPSA) is 70.7 Å². The standard InChI is InChI=1S/C22H25N3O3S/c1-2-16-5-7-17(8-6-16)21(27)25-11-9-22(10-12-25)14-19(24-28-22)20(26)23-15-18-4-3-13-29-18/h3-8,13-14,24H,2,9-12,15H2,1H3,(H,23,26). The summed E-state index contributed by atoms with van der Waals surface area (Å²) in [6.45, 7) is 3.79. The Morgan fingerprint density at radius 3 is 2.62 bits per heavy atom. The van der Waals surface area contributed by atoms with Gasteiger partial charge >= 0.3 is 0 Å². The van der Waals surface area contributed by atoms with E-state index in [-0.39, 0.29) is 11.8 Å². The highest BCUT2D eigenvalue weighted by Crippen LogP contribution is 2.32. The first-order valence-electron chi connectivity index (χ1n) is 9.94. The molecule has 0 radical (unpaired) electrons. The lowest BCUT2D eigenvalue weighted by Crippen LogP contribution is -2.46. The second-order valence-corrected chi connectivity index (χ2v) is 8.46. The van der Waals surface area contributed by atoms with E-state index in [1.54, 1.807) is 11.3 Å². The quantitative estimate of drug-likeness (QED) is 0.794. The van der Waals surface area contributed by atoms with Crippen LogP contribution in [0.4, 0.5) is 0 Å². The molecule has 2 amide bonds. The summed E-state index contributed by atoms with van der Waals surface area (Å²) < 4.78 is 0. The van der Waals surface area contributed by atoms with Crippen molar-refractivity contribution in [2.75, 3.05) is 13.1 Å². The minimum Gasteiger partial charge on any atom is -0.346 e. The molecule has 1 spiro atoms. The van der Waals surface area contributed by atoms with Crippen LogP contribution in [-0.4, -0.2) is 35.4 Å². The molecule has 1 fully saturated rings. The Morgan fingerprint density at radius 1 is 1.21 bits per heavy atom. The third-order valence-corrected chi connectivity index (χ3v) is 6.40. The van der Waals surface area contributed by atoms with Gasteiger partial charge in [-0.2, -0.15) is 0 Å². The first-order chi connectivity index (χ1) is 14.1. The fourth-order valence-electron chi connectivity index (χ4n) is 3.67. The van der Waals surface area contributed by atoms with E-state index < -0.39 is 5.60 Å². The van der Waals surface area contributed by atoms with Crippen molar-refractivity contribution in [3.63, 3.8) is 0 Å². The molecule has 2 N–H and O–H groups in total. The van der Waals surface area contributed by atoms with Crippen molar-refractivity contribution in [1.29, 1.82) is 0 Å². The number of carbonyl (C=O) groups excluding carboxylic acids is 2. The molecule has 0 bridgehead atoms. The summed E-state index contributed by atoms with van der Waals surface area (Å²) >= 11 is 1.61. The molecule has 2 aromatic rings. The number of hydrogen-bond donors (Lipinski definition) is 2. The second kappa shape index (κ2) is 8.39. The third kappa shape index (κ3) is 4.36. The fraction of sp³-hybridized carbons (Fsp3) is 0.364. The number of carbonyl (C=O) groups is 2. The molecule has 29 heavy (non-hydrogen) atoms. The molecule has 0 aliphatic carbocycles. The predicted octanol–water partition coefficient (Wildman–Crippen LogP) is 3.02. The molecular weight excluding hydrogens is 386 g/mol. The number of nitrogens with zero attached hydrogens (tertiary/aromatic N) is 1. The minimum absolute atomic E-state index is 0.0475. The van der Waals surface area contributed by atoms with Crippen LogP contribution in [0.1, 0.15) is 40.6 Å². The maximum absolute atomic E-state index is 12.8. The number of rotatable bonds is 5. The van der Waals surface area contributed by atoms with E-state index in [1.807, 2.05) is 52.8 Å². The van der Waals surface area contributed by atoms with E-state index in [0.29, 0.717) is 43.7 Å². The number of hydrogen-bond acceptors (Lipinski definition) is 5. The van der Waals surface area contributed by atoms with Crippen molar-refractivity contribution in [1.82, 2.24) is 15.7 Å². The van der Waals surface area contributed by atoms with Crippen molar-refractivity contribution >= 4 is 23.2 Å². The Balaban J connectivity index is 1.33. The number of hydroxylamine groups is 1. The summed E-state index contributed by atoms with van der Waals surface area (Å²) in [5, 5.41) is 4.89. The number of likely N-dealkylation sites (tertiary alicyclic amines) is 1. The van der Waals surface area contributed by atoms with Gasteiger partial charge in [0.2, 0.25) is 0 Å². The fourth-order valence-corrected chi connectivity index (χ4v) is 4.31. The van der Waals surface area contributed by atoms with E-state index in [9.17, 15) is 9.59 Å². The van der Waals surface area contributed by atoms with Crippen molar-refractivity contribution in [3.8, 4) is 0 Å². The lowest BCUT2D eigenvalue weighted by molar-refractivity contribution is -0.120. The third-order valence-electron chi connectivity index (χ3n) is 5.53. The summed E-state index contributed by atoms with van der Waals surface area (Å²) in [5.74, 6) is -0.129. The number of piperidine rings is 1. The van der Waals surface area contributed by atoms with Gasteiger partial charge in [-0.1, -0.05) is 25.1 Å². The summed E-state index contributed by atoms with van der Waals surface area (Å²) in [5.41, 5.74) is 4.63. The lowest BCUT2D eigenvalue weighted by atomic mass is 9.90. The van der Waals surface area contributed by atoms with Crippen LogP contribution in [0.3, 0.4) is 0 Å². The van der Waals surface area contributed by atoms with Gasteiger partial charge in [0, 0.05) is 36.4 Å². The minimum atomic E-state index is -0.529. The smallest absolute Gasteiger partial charge is 0.269 e. The zero-order valence-corrected chi connectivity index (χ0v) is 17.3. The molecule has 6 nitrogen and oxygen atoms in total. The zero-order chi connectivity index (χ0) is 20.3. The van der Waals surface area contributed by atoms with Crippen LogP contribution < -0.4 is 10.8 Å². The van der Waals surface area contributed by atoms with Gasteiger partial charge in [0.1, 0.15) is 11.3 Å². The molecule has 0 unspecified atom stereocenters. The van der Waals surface area contributed by atoms with Crippen LogP contribution in [0, 0.1) is 0 Å². The molecule has 3 heterocycles. The number of nitrogens with one attached hydrogen (secondary N) is 2. The van der Waals surface area contributed by atoms with E-state index in [0.717, 1.165) is 11.3 Å². The predicted molar refractivity (Wildman–Crippen MR) is 112 cm³/mol. The molecule has 2 aliphatic rings. The van der Waals surface area contributed by atoms with E-state index in [2.05, 4.69) is 17.7 Å². The van der Waals surface area contributed by atoms with Crippen LogP contribution in [0.25, 0.3) is 0 Å². The summed E-state index contributed by atoms with van der Waals surface area (Å²) in [4.78, 5) is 33.9. The first-order valence-corrected chi connectivity index (χ1v) is 10.8. The Hall–Kier alpha value is -2.64. The zero-order valence-electron chi connectivity index (χ0n) is 16.4. The van der Waals surface area contributed by atoms with Gasteiger partial charge in [-0.25, -0.2) is 0 Å². The molecule has 0 atom stereocenters. The molecule has 1 aromatic carbocycles. The summed E-state index contributed by atoms with van der Waals surface area (Å²) in [6, 6.07) is 11.8. The SMILES string of the molecule is CCc1ccc(C(=O)N2CCC3(C=C(C(=O)NCc4cccs4)NO3)CC2)cc1. The van der Waals surface area contributed by atoms with E-state index in [1.165, 1.54) is 5.56 Å². The van der Waals surface area contributed by atoms with Crippen LogP contribution in [0.5, 0.6) is 0 Å². The Bertz CT molecular complexity index is 898. The van der Waals surface area contributed by atoms with Gasteiger partial charge in [-0.05, 0) is 41.6 Å². The van der Waals surface area contributed by atoms with Crippen molar-refractivity contribution in [2.45, 2.75) is 38.3 Å². The van der Waals surface area contributed by atoms with Gasteiger partial charge in [0.15, 0.2) is 0 Å². The summed E-state index contributed by atoms with van der Waals surface area (Å²) in [6.07, 6.45) is 4.14. The lowest BCUT2D eigenvalue weighted by Gasteiger charge is -2.36. The largest absolute Gasteiger partial charge is 0.346 e. The summed E-state index contributed by atoms with van der Waals surface area (Å²) in [7, 11) is 0. The monoisotopic (exact) mass is 411 g/mol. The van der Waals surface area contributed by atoms with Gasteiger partial charge in [-0.15, -0.1) is 11.3 Å². The molecule has 2 aliphatic heterocycles. The van der Waals surface area contributed by atoms with Gasteiger partial charge in [-0.3, -0.25) is 19.9 Å². The average Bonchev–Trinajstić information content (AvgIpc) is 3.43. The van der Waals surface area contributed by atoms with Gasteiger partial charge < -0.3 is 10.2 Å². The second-order valence-electron chi connectivity index (χ2n) is 7.43. The number of aryl methyl sites for hydroxylation is 1. The number of benzene rings is 1. The Labute approximate surface area is 174 Å². The molecule has 0 saturated carbocycles. The molecule has 7 heteroatoms.